The van der Waals surface area contributed by atoms with Crippen molar-refractivity contribution in [3.05, 3.63) is 58.0 Å². The first-order valence-corrected chi connectivity index (χ1v) is 5.79. The van der Waals surface area contributed by atoms with Crippen LogP contribution in [0.15, 0.2) is 41.0 Å². The molecule has 19 heavy (non-hydrogen) atoms. The van der Waals surface area contributed by atoms with Crippen LogP contribution in [0.1, 0.15) is 16.1 Å². The minimum absolute atomic E-state index is 0.0158. The molecule has 0 saturated heterocycles. The van der Waals surface area contributed by atoms with Crippen molar-refractivity contribution < 1.29 is 14.1 Å². The van der Waals surface area contributed by atoms with E-state index in [9.17, 15) is 14.9 Å². The Hall–Kier alpha value is -2.63. The highest BCUT2D eigenvalue weighted by molar-refractivity contribution is 6.05. The van der Waals surface area contributed by atoms with Gasteiger partial charge in [-0.25, -0.2) is 0 Å². The van der Waals surface area contributed by atoms with E-state index in [4.69, 9.17) is 4.42 Å². The molecule has 2 aromatic rings. The number of rotatable bonds is 2. The fourth-order valence-corrected chi connectivity index (χ4v) is 2.23. The minimum Gasteiger partial charge on any atom is -0.459 e. The van der Waals surface area contributed by atoms with Crippen LogP contribution < -0.4 is 4.90 Å². The smallest absolute Gasteiger partial charge is 0.293 e. The second-order valence-corrected chi connectivity index (χ2v) is 4.25. The van der Waals surface area contributed by atoms with Gasteiger partial charge in [-0.2, -0.15) is 0 Å². The largest absolute Gasteiger partial charge is 0.459 e. The lowest BCUT2D eigenvalue weighted by Crippen LogP contribution is -2.28. The number of nitro groups is 1. The van der Waals surface area contributed by atoms with E-state index in [1.54, 1.807) is 18.2 Å². The molecule has 2 heterocycles. The molecule has 0 bridgehead atoms. The summed E-state index contributed by atoms with van der Waals surface area (Å²) in [4.78, 5) is 24.1. The molecule has 1 aliphatic rings. The number of benzene rings is 1. The lowest BCUT2D eigenvalue weighted by atomic mass is 10.1. The van der Waals surface area contributed by atoms with Crippen molar-refractivity contribution in [2.45, 2.75) is 6.42 Å². The Bertz CT molecular complexity index is 649. The van der Waals surface area contributed by atoms with Crippen molar-refractivity contribution in [2.24, 2.45) is 0 Å². The quantitative estimate of drug-likeness (QED) is 0.612. The lowest BCUT2D eigenvalue weighted by Gasteiger charge is -2.15. The predicted octanol–water partition coefficient (Wildman–Crippen LogP) is 2.39. The van der Waals surface area contributed by atoms with Gasteiger partial charge in [0.25, 0.3) is 11.6 Å². The van der Waals surface area contributed by atoms with Crippen molar-refractivity contribution in [3.8, 4) is 0 Å². The first kappa shape index (κ1) is 11.5. The van der Waals surface area contributed by atoms with E-state index >= 15 is 0 Å². The van der Waals surface area contributed by atoms with Crippen LogP contribution in [0.3, 0.4) is 0 Å². The van der Waals surface area contributed by atoms with E-state index in [1.165, 1.54) is 23.3 Å². The Morgan fingerprint density at radius 1 is 1.37 bits per heavy atom. The number of hydrogen-bond acceptors (Lipinski definition) is 4. The Morgan fingerprint density at radius 3 is 2.89 bits per heavy atom. The normalized spacial score (nSPS) is 13.4. The van der Waals surface area contributed by atoms with Gasteiger partial charge in [-0.1, -0.05) is 6.07 Å². The van der Waals surface area contributed by atoms with E-state index in [2.05, 4.69) is 0 Å². The molecule has 0 unspecified atom stereocenters. The van der Waals surface area contributed by atoms with Crippen LogP contribution in [0.25, 0.3) is 0 Å². The summed E-state index contributed by atoms with van der Waals surface area (Å²) in [5, 5.41) is 10.8. The molecule has 3 rings (SSSR count). The van der Waals surface area contributed by atoms with Gasteiger partial charge >= 0.3 is 0 Å². The van der Waals surface area contributed by atoms with Crippen LogP contribution in [0.5, 0.6) is 0 Å². The minimum atomic E-state index is -0.464. The second kappa shape index (κ2) is 4.24. The molecule has 6 heteroatoms. The fraction of sp³-hybridized carbons (Fsp3) is 0.154. The van der Waals surface area contributed by atoms with Gasteiger partial charge in [0, 0.05) is 18.7 Å². The molecule has 0 radical (unpaired) electrons. The van der Waals surface area contributed by atoms with Crippen LogP contribution in [0, 0.1) is 10.1 Å². The Labute approximate surface area is 108 Å². The first-order valence-electron chi connectivity index (χ1n) is 5.79. The molecule has 6 nitrogen and oxygen atoms in total. The maximum atomic E-state index is 12.2. The van der Waals surface area contributed by atoms with Crippen molar-refractivity contribution in [1.82, 2.24) is 0 Å². The molecule has 1 amide bonds. The highest BCUT2D eigenvalue weighted by atomic mass is 16.6. The van der Waals surface area contributed by atoms with E-state index in [0.717, 1.165) is 5.56 Å². The van der Waals surface area contributed by atoms with E-state index in [1.807, 2.05) is 0 Å². The summed E-state index contributed by atoms with van der Waals surface area (Å²) in [6.45, 7) is 0.510. The van der Waals surface area contributed by atoms with Crippen molar-refractivity contribution in [3.63, 3.8) is 0 Å². The molecular formula is C13H10N2O4. The number of carbonyl (C=O) groups is 1. The number of carbonyl (C=O) groups excluding carboxylic acids is 1. The molecule has 1 aromatic heterocycles. The lowest BCUT2D eigenvalue weighted by molar-refractivity contribution is -0.384. The summed E-state index contributed by atoms with van der Waals surface area (Å²) < 4.78 is 5.08. The van der Waals surface area contributed by atoms with E-state index in [0.29, 0.717) is 18.7 Å². The van der Waals surface area contributed by atoms with E-state index in [-0.39, 0.29) is 17.4 Å². The summed E-state index contributed by atoms with van der Waals surface area (Å²) in [5.74, 6) is -0.0383. The maximum Gasteiger partial charge on any atom is 0.293 e. The highest BCUT2D eigenvalue weighted by Crippen LogP contribution is 2.32. The predicted molar refractivity (Wildman–Crippen MR) is 67.2 cm³/mol. The summed E-state index contributed by atoms with van der Waals surface area (Å²) in [6, 6.07) is 7.81. The molecule has 0 spiro atoms. The third-order valence-electron chi connectivity index (χ3n) is 3.15. The monoisotopic (exact) mass is 258 g/mol. The van der Waals surface area contributed by atoms with Crippen molar-refractivity contribution in [1.29, 1.82) is 0 Å². The van der Waals surface area contributed by atoms with Gasteiger partial charge in [-0.05, 0) is 24.1 Å². The molecule has 1 aromatic carbocycles. The molecule has 1 aliphatic heterocycles. The zero-order chi connectivity index (χ0) is 13.4. The van der Waals surface area contributed by atoms with E-state index < -0.39 is 4.92 Å². The van der Waals surface area contributed by atoms with Crippen LogP contribution in [-0.2, 0) is 6.42 Å². The topological polar surface area (TPSA) is 76.6 Å². The van der Waals surface area contributed by atoms with Gasteiger partial charge in [0.05, 0.1) is 16.9 Å². The number of fused-ring (bicyclic) bond motifs is 1. The molecule has 0 saturated carbocycles. The number of anilines is 1. The van der Waals surface area contributed by atoms with Gasteiger partial charge in [0.2, 0.25) is 0 Å². The van der Waals surface area contributed by atoms with Crippen molar-refractivity contribution >= 4 is 17.3 Å². The fourth-order valence-electron chi connectivity index (χ4n) is 2.23. The maximum absolute atomic E-state index is 12.2. The summed E-state index contributed by atoms with van der Waals surface area (Å²) in [6.07, 6.45) is 2.12. The van der Waals surface area contributed by atoms with Gasteiger partial charge in [-0.15, -0.1) is 0 Å². The SMILES string of the molecule is O=C(c1ccco1)N1CCc2ccc([N+](=O)[O-])cc21. The van der Waals surface area contributed by atoms with Gasteiger partial charge in [0.1, 0.15) is 0 Å². The van der Waals surface area contributed by atoms with Gasteiger partial charge in [0.15, 0.2) is 5.76 Å². The number of amides is 1. The zero-order valence-corrected chi connectivity index (χ0v) is 9.91. The first-order chi connectivity index (χ1) is 9.16. The van der Waals surface area contributed by atoms with Crippen molar-refractivity contribution in [2.75, 3.05) is 11.4 Å². The van der Waals surface area contributed by atoms with Crippen LogP contribution in [0.4, 0.5) is 11.4 Å². The highest BCUT2D eigenvalue weighted by Gasteiger charge is 2.28. The van der Waals surface area contributed by atoms with Gasteiger partial charge < -0.3 is 9.32 Å². The van der Waals surface area contributed by atoms with Crippen LogP contribution >= 0.6 is 0 Å². The molecule has 96 valence electrons. The number of non-ortho nitro benzene ring substituents is 1. The number of furan rings is 1. The number of nitrogens with zero attached hydrogens (tertiary/aromatic N) is 2. The summed E-state index contributed by atoms with van der Waals surface area (Å²) in [5.41, 5.74) is 1.51. The Kier molecular flexibility index (Phi) is 2.56. The summed E-state index contributed by atoms with van der Waals surface area (Å²) in [7, 11) is 0. The molecule has 0 fully saturated rings. The van der Waals surface area contributed by atoms with Crippen LogP contribution in [-0.4, -0.2) is 17.4 Å². The average Bonchev–Trinajstić information content (AvgIpc) is 3.06. The second-order valence-electron chi connectivity index (χ2n) is 4.25. The third kappa shape index (κ3) is 1.87. The number of hydrogen-bond donors (Lipinski definition) is 0. The zero-order valence-electron chi connectivity index (χ0n) is 9.91. The molecular weight excluding hydrogens is 248 g/mol. The Morgan fingerprint density at radius 2 is 2.21 bits per heavy atom. The molecule has 0 N–H and O–H groups in total. The van der Waals surface area contributed by atoms with Gasteiger partial charge in [-0.3, -0.25) is 14.9 Å². The molecule has 0 aliphatic carbocycles. The third-order valence-corrected chi connectivity index (χ3v) is 3.15. The standard InChI is InChI=1S/C13H10N2O4/c16-13(12-2-1-7-19-12)14-6-5-9-3-4-10(15(17)18)8-11(9)14/h1-4,7-8H,5-6H2. The summed E-state index contributed by atoms with van der Waals surface area (Å²) >= 11 is 0. The number of nitro benzene ring substituents is 1. The van der Waals surface area contributed by atoms with Crippen LogP contribution in [0.2, 0.25) is 0 Å². The average molecular weight is 258 g/mol. The Balaban J connectivity index is 1.99. The molecule has 0 atom stereocenters.